The van der Waals surface area contributed by atoms with Gasteiger partial charge in [0.05, 0.1) is 13.0 Å². The molecule has 0 unspecified atom stereocenters. The van der Waals surface area contributed by atoms with Gasteiger partial charge in [0.2, 0.25) is 5.85 Å². The van der Waals surface area contributed by atoms with Crippen LogP contribution in [0.15, 0.2) is 21.9 Å². The van der Waals surface area contributed by atoms with Gasteiger partial charge in [-0.15, -0.1) is 0 Å². The number of aromatic amines is 1. The quantitative estimate of drug-likeness (QED) is 0.794. The van der Waals surface area contributed by atoms with E-state index in [0.717, 1.165) is 10.6 Å². The van der Waals surface area contributed by atoms with E-state index in [9.17, 15) is 14.7 Å². The monoisotopic (exact) mass is 360 g/mol. The lowest BCUT2D eigenvalue weighted by Crippen LogP contribution is -2.52. The van der Waals surface area contributed by atoms with Gasteiger partial charge in [-0.1, -0.05) is 20.8 Å². The maximum atomic E-state index is 15.5. The highest BCUT2D eigenvalue weighted by atomic mass is 28.4. The molecular formula is C15H25FN2O5Si. The summed E-state index contributed by atoms with van der Waals surface area (Å²) in [6.45, 7) is 9.19. The van der Waals surface area contributed by atoms with Gasteiger partial charge in [-0.05, 0) is 18.1 Å². The van der Waals surface area contributed by atoms with Crippen molar-refractivity contribution in [1.82, 2.24) is 9.55 Å². The molecule has 7 nitrogen and oxygen atoms in total. The van der Waals surface area contributed by atoms with E-state index < -0.39 is 44.4 Å². The van der Waals surface area contributed by atoms with E-state index in [-0.39, 0.29) is 11.5 Å². The van der Waals surface area contributed by atoms with Crippen LogP contribution in [-0.2, 0) is 9.16 Å². The number of alkyl halides is 1. The zero-order valence-electron chi connectivity index (χ0n) is 14.6. The summed E-state index contributed by atoms with van der Waals surface area (Å²) in [6, 6.07) is 1.16. The molecule has 1 aliphatic rings. The molecular weight excluding hydrogens is 335 g/mol. The number of aliphatic hydroxyl groups excluding tert-OH is 1. The number of nitrogens with one attached hydrogen (secondary N) is 1. The second-order valence-corrected chi connectivity index (χ2v) is 12.4. The van der Waals surface area contributed by atoms with Crippen LogP contribution in [0, 0.1) is 0 Å². The lowest BCUT2D eigenvalue weighted by atomic mass is 10.1. The van der Waals surface area contributed by atoms with Gasteiger partial charge >= 0.3 is 5.69 Å². The highest BCUT2D eigenvalue weighted by molar-refractivity contribution is 6.74. The number of hydrogen-bond donors (Lipinski definition) is 2. The fourth-order valence-electron chi connectivity index (χ4n) is 2.39. The smallest absolute Gasteiger partial charge is 0.330 e. The number of hydrogen-bond acceptors (Lipinski definition) is 5. The van der Waals surface area contributed by atoms with Crippen LogP contribution in [0.1, 0.15) is 33.4 Å². The maximum Gasteiger partial charge on any atom is 0.330 e. The van der Waals surface area contributed by atoms with Crippen molar-refractivity contribution in [1.29, 1.82) is 0 Å². The number of aliphatic hydroxyl groups is 1. The average Bonchev–Trinajstić information content (AvgIpc) is 2.73. The fraction of sp³-hybridized carbons (Fsp3) is 0.733. The predicted molar refractivity (Wildman–Crippen MR) is 89.1 cm³/mol. The molecule has 24 heavy (non-hydrogen) atoms. The molecule has 1 saturated heterocycles. The molecule has 9 heteroatoms. The molecule has 2 N–H and O–H groups in total. The predicted octanol–water partition coefficient (Wildman–Crippen LogP) is 1.50. The van der Waals surface area contributed by atoms with E-state index >= 15 is 4.39 Å². The maximum absolute atomic E-state index is 15.5. The summed E-state index contributed by atoms with van der Waals surface area (Å²) in [4.78, 5) is 25.2. The third kappa shape index (κ3) is 3.53. The lowest BCUT2D eigenvalue weighted by molar-refractivity contribution is -0.140. The lowest BCUT2D eigenvalue weighted by Gasteiger charge is -2.41. The first kappa shape index (κ1) is 19.0. The van der Waals surface area contributed by atoms with E-state index in [4.69, 9.17) is 9.16 Å². The Labute approximate surface area is 140 Å². The molecule has 136 valence electrons. The highest BCUT2D eigenvalue weighted by Gasteiger charge is 2.55. The van der Waals surface area contributed by atoms with Gasteiger partial charge in [-0.25, -0.2) is 9.18 Å². The Balaban J connectivity index is 2.31. The molecule has 2 heterocycles. The number of H-pyrrole nitrogens is 1. The Morgan fingerprint density at radius 1 is 1.50 bits per heavy atom. The molecule has 0 saturated carbocycles. The van der Waals surface area contributed by atoms with E-state index in [1.807, 2.05) is 33.9 Å². The highest BCUT2D eigenvalue weighted by Crippen LogP contribution is 2.46. The Hall–Kier alpha value is -1.29. The van der Waals surface area contributed by atoms with E-state index in [1.165, 1.54) is 6.20 Å². The third-order valence-corrected chi connectivity index (χ3v) is 9.28. The zero-order chi connectivity index (χ0) is 18.3. The van der Waals surface area contributed by atoms with Crippen molar-refractivity contribution in [2.75, 3.05) is 6.61 Å². The number of rotatable bonds is 4. The summed E-state index contributed by atoms with van der Waals surface area (Å²) >= 11 is 0. The Morgan fingerprint density at radius 3 is 2.62 bits per heavy atom. The minimum atomic E-state index is -2.46. The van der Waals surface area contributed by atoms with Crippen molar-refractivity contribution in [3.63, 3.8) is 0 Å². The first-order valence-electron chi connectivity index (χ1n) is 7.86. The number of aromatic nitrogens is 2. The second kappa shape index (κ2) is 6.21. The van der Waals surface area contributed by atoms with Crippen molar-refractivity contribution < 1.29 is 18.7 Å². The summed E-state index contributed by atoms with van der Waals surface area (Å²) in [5.41, 5.74) is -1.24. The molecule has 0 aromatic carbocycles. The van der Waals surface area contributed by atoms with Crippen molar-refractivity contribution in [2.45, 2.75) is 63.5 Å². The van der Waals surface area contributed by atoms with E-state index in [1.54, 1.807) is 0 Å². The number of nitrogens with zero attached hydrogens (tertiary/aromatic N) is 1. The van der Waals surface area contributed by atoms with Crippen LogP contribution in [0.4, 0.5) is 4.39 Å². The number of ether oxygens (including phenoxy) is 1. The molecule has 0 spiro atoms. The summed E-state index contributed by atoms with van der Waals surface area (Å²) in [5, 5.41) is 9.28. The topological polar surface area (TPSA) is 93.6 Å². The van der Waals surface area contributed by atoms with Crippen molar-refractivity contribution in [3.8, 4) is 0 Å². The van der Waals surface area contributed by atoms with Gasteiger partial charge in [0.25, 0.3) is 5.56 Å². The van der Waals surface area contributed by atoms with E-state index in [0.29, 0.717) is 0 Å². The first-order valence-corrected chi connectivity index (χ1v) is 10.8. The average molecular weight is 360 g/mol. The summed E-state index contributed by atoms with van der Waals surface area (Å²) in [6.07, 6.45) is -1.15. The van der Waals surface area contributed by atoms with Gasteiger partial charge in [0, 0.05) is 12.3 Å². The second-order valence-electron chi connectivity index (χ2n) is 7.63. The van der Waals surface area contributed by atoms with Crippen LogP contribution in [0.2, 0.25) is 18.1 Å². The minimum absolute atomic E-state index is 0.223. The fourth-order valence-corrected chi connectivity index (χ4v) is 3.76. The molecule has 1 fully saturated rings. The molecule has 0 radical (unpaired) electrons. The molecule has 0 bridgehead atoms. The van der Waals surface area contributed by atoms with Crippen LogP contribution < -0.4 is 11.2 Å². The molecule has 0 amide bonds. The molecule has 1 aromatic rings. The molecule has 0 aliphatic carbocycles. The minimum Gasteiger partial charge on any atom is -0.393 e. The summed E-state index contributed by atoms with van der Waals surface area (Å²) in [7, 11) is -2.46. The SMILES string of the molecule is CC(C)(C)[Si](C)(C)O[C@@]1(F)C[C@H](n2ccc(=O)[nH]c2=O)O[C@@H]1CO. The Kier molecular flexibility index (Phi) is 4.93. The normalized spacial score (nSPS) is 28.3. The van der Waals surface area contributed by atoms with Crippen molar-refractivity contribution >= 4 is 8.32 Å². The van der Waals surface area contributed by atoms with E-state index in [2.05, 4.69) is 4.98 Å². The molecule has 3 atom stereocenters. The molecule has 1 aromatic heterocycles. The van der Waals surface area contributed by atoms with Gasteiger partial charge < -0.3 is 14.3 Å². The van der Waals surface area contributed by atoms with Crippen LogP contribution in [0.3, 0.4) is 0 Å². The standard InChI is InChI=1S/C15H25FN2O5Si/c1-14(2,3)24(4,5)23-15(16)8-12(22-10(15)9-19)18-7-6-11(20)17-13(18)21/h6-7,10,12,19H,8-9H2,1-5H3,(H,17,20,21)/t10-,12-,15+/m1/s1. The largest absolute Gasteiger partial charge is 0.393 e. The molecule has 2 rings (SSSR count). The summed E-state index contributed by atoms with van der Waals surface area (Å²) in [5.74, 6) is -2.20. The molecule has 1 aliphatic heterocycles. The van der Waals surface area contributed by atoms with Gasteiger partial charge in [-0.2, -0.15) is 0 Å². The number of halogens is 1. The Morgan fingerprint density at radius 2 is 2.12 bits per heavy atom. The van der Waals surface area contributed by atoms with Gasteiger partial charge in [0.1, 0.15) is 12.3 Å². The van der Waals surface area contributed by atoms with Crippen LogP contribution in [-0.4, -0.2) is 41.5 Å². The zero-order valence-corrected chi connectivity index (χ0v) is 15.6. The van der Waals surface area contributed by atoms with Crippen LogP contribution >= 0.6 is 0 Å². The Bertz CT molecular complexity index is 711. The van der Waals surface area contributed by atoms with Gasteiger partial charge in [0.15, 0.2) is 8.32 Å². The van der Waals surface area contributed by atoms with Crippen molar-refractivity contribution in [3.05, 3.63) is 33.1 Å². The van der Waals surface area contributed by atoms with Crippen LogP contribution in [0.25, 0.3) is 0 Å². The van der Waals surface area contributed by atoms with Crippen molar-refractivity contribution in [2.24, 2.45) is 0 Å². The third-order valence-electron chi connectivity index (χ3n) is 4.81. The first-order chi connectivity index (χ1) is 10.9. The summed E-state index contributed by atoms with van der Waals surface area (Å²) < 4.78 is 28.0. The van der Waals surface area contributed by atoms with Gasteiger partial charge in [-0.3, -0.25) is 14.3 Å². The van der Waals surface area contributed by atoms with Crippen LogP contribution in [0.5, 0.6) is 0 Å².